The van der Waals surface area contributed by atoms with Gasteiger partial charge in [-0.15, -0.1) is 0 Å². The van der Waals surface area contributed by atoms with Crippen LogP contribution in [0.15, 0.2) is 30.3 Å². The van der Waals surface area contributed by atoms with E-state index in [-0.39, 0.29) is 24.8 Å². The van der Waals surface area contributed by atoms with Crippen LogP contribution in [0, 0.1) is 0 Å². The number of carbonyl (C=O) groups is 2. The summed E-state index contributed by atoms with van der Waals surface area (Å²) >= 11 is 0. The highest BCUT2D eigenvalue weighted by molar-refractivity contribution is 5.88. The van der Waals surface area contributed by atoms with Crippen LogP contribution in [0.25, 0.3) is 0 Å². The van der Waals surface area contributed by atoms with Crippen LogP contribution in [0.1, 0.15) is 25.3 Å². The van der Waals surface area contributed by atoms with Gasteiger partial charge in [-0.2, -0.15) is 0 Å². The summed E-state index contributed by atoms with van der Waals surface area (Å²) in [4.78, 5) is 28.5. The van der Waals surface area contributed by atoms with Crippen LogP contribution < -0.4 is 5.32 Å². The molecule has 6 nitrogen and oxygen atoms in total. The van der Waals surface area contributed by atoms with Crippen molar-refractivity contribution in [3.63, 3.8) is 0 Å². The van der Waals surface area contributed by atoms with Crippen LogP contribution in [0.4, 0.5) is 0 Å². The Bertz CT molecular complexity index is 530. The molecule has 1 aliphatic rings. The second-order valence-corrected chi connectivity index (χ2v) is 6.07. The van der Waals surface area contributed by atoms with Crippen molar-refractivity contribution in [1.29, 1.82) is 0 Å². The molecule has 0 bridgehead atoms. The van der Waals surface area contributed by atoms with E-state index in [1.165, 1.54) is 0 Å². The lowest BCUT2D eigenvalue weighted by Crippen LogP contribution is -2.56. The lowest BCUT2D eigenvalue weighted by atomic mass is 10.1. The van der Waals surface area contributed by atoms with E-state index in [0.29, 0.717) is 26.2 Å². The summed E-state index contributed by atoms with van der Waals surface area (Å²) in [7, 11) is 0. The molecule has 132 valence electrons. The maximum atomic E-state index is 12.5. The molecule has 0 unspecified atom stereocenters. The molecule has 2 rings (SSSR count). The number of aliphatic hydroxyl groups excluding tert-OH is 1. The number of nitrogens with one attached hydrogen (secondary N) is 1. The molecule has 2 amide bonds. The van der Waals surface area contributed by atoms with Gasteiger partial charge in [0, 0.05) is 32.7 Å². The molecule has 0 radical (unpaired) electrons. The minimum absolute atomic E-state index is 0.0592. The zero-order chi connectivity index (χ0) is 17.4. The standard InChI is InChI=1S/C18H27N3O3/c1-2-9-20(11-12-22)17(23)13-16-18(24)19-8-10-21(16)14-15-6-4-3-5-7-15/h3-7,16,22H,2,8-14H2,1H3,(H,19,24)/t16-/m1/s1. The van der Waals surface area contributed by atoms with Crippen LogP contribution in [-0.4, -0.2) is 65.5 Å². The van der Waals surface area contributed by atoms with Crippen LogP contribution in [0.5, 0.6) is 0 Å². The number of benzene rings is 1. The van der Waals surface area contributed by atoms with Crippen molar-refractivity contribution in [3.8, 4) is 0 Å². The van der Waals surface area contributed by atoms with Crippen LogP contribution in [-0.2, 0) is 16.1 Å². The second-order valence-electron chi connectivity index (χ2n) is 6.07. The fourth-order valence-electron chi connectivity index (χ4n) is 3.04. The molecule has 1 saturated heterocycles. The van der Waals surface area contributed by atoms with Crippen LogP contribution in [0.3, 0.4) is 0 Å². The highest BCUT2D eigenvalue weighted by Crippen LogP contribution is 2.15. The van der Waals surface area contributed by atoms with Gasteiger partial charge in [0.2, 0.25) is 11.8 Å². The van der Waals surface area contributed by atoms with Gasteiger partial charge in [-0.1, -0.05) is 37.3 Å². The highest BCUT2D eigenvalue weighted by atomic mass is 16.3. The Morgan fingerprint density at radius 1 is 1.33 bits per heavy atom. The summed E-state index contributed by atoms with van der Waals surface area (Å²) in [5.74, 6) is -0.169. The molecule has 0 aliphatic carbocycles. The Hall–Kier alpha value is -1.92. The number of carbonyl (C=O) groups excluding carboxylic acids is 2. The smallest absolute Gasteiger partial charge is 0.237 e. The molecule has 0 aromatic heterocycles. The summed E-state index contributed by atoms with van der Waals surface area (Å²) < 4.78 is 0. The van der Waals surface area contributed by atoms with E-state index in [1.54, 1.807) is 4.90 Å². The zero-order valence-electron chi connectivity index (χ0n) is 14.3. The van der Waals surface area contributed by atoms with Crippen molar-refractivity contribution in [2.75, 3.05) is 32.8 Å². The number of amides is 2. The van der Waals surface area contributed by atoms with Crippen LogP contribution in [0.2, 0.25) is 0 Å². The summed E-state index contributed by atoms with van der Waals surface area (Å²) in [6, 6.07) is 9.52. The van der Waals surface area contributed by atoms with Crippen molar-refractivity contribution in [1.82, 2.24) is 15.1 Å². The molecule has 1 aliphatic heterocycles. The van der Waals surface area contributed by atoms with Crippen LogP contribution >= 0.6 is 0 Å². The Morgan fingerprint density at radius 2 is 2.08 bits per heavy atom. The van der Waals surface area contributed by atoms with E-state index in [4.69, 9.17) is 5.11 Å². The number of hydrogen-bond acceptors (Lipinski definition) is 4. The number of rotatable bonds is 8. The number of piperazine rings is 1. The first-order chi connectivity index (χ1) is 11.7. The third-order valence-electron chi connectivity index (χ3n) is 4.25. The summed E-state index contributed by atoms with van der Waals surface area (Å²) in [6.07, 6.45) is 0.981. The molecule has 0 saturated carbocycles. The van der Waals surface area contributed by atoms with Crippen molar-refractivity contribution in [2.24, 2.45) is 0 Å². The minimum atomic E-state index is -0.454. The van der Waals surface area contributed by atoms with Gasteiger partial charge >= 0.3 is 0 Å². The van der Waals surface area contributed by atoms with E-state index in [9.17, 15) is 9.59 Å². The van der Waals surface area contributed by atoms with E-state index in [1.807, 2.05) is 37.3 Å². The predicted molar refractivity (Wildman–Crippen MR) is 92.2 cm³/mol. The van der Waals surface area contributed by atoms with Gasteiger partial charge in [-0.25, -0.2) is 0 Å². The van der Waals surface area contributed by atoms with E-state index >= 15 is 0 Å². The molecule has 2 N–H and O–H groups in total. The first-order valence-electron chi connectivity index (χ1n) is 8.60. The topological polar surface area (TPSA) is 72.9 Å². The molecular formula is C18H27N3O3. The van der Waals surface area contributed by atoms with Gasteiger partial charge < -0.3 is 15.3 Å². The third-order valence-corrected chi connectivity index (χ3v) is 4.25. The normalized spacial score (nSPS) is 18.2. The Kier molecular flexibility index (Phi) is 7.21. The second kappa shape index (κ2) is 9.39. The lowest BCUT2D eigenvalue weighted by molar-refractivity contribution is -0.139. The first-order valence-corrected chi connectivity index (χ1v) is 8.60. The number of hydrogen-bond donors (Lipinski definition) is 2. The highest BCUT2D eigenvalue weighted by Gasteiger charge is 2.32. The Morgan fingerprint density at radius 3 is 2.75 bits per heavy atom. The molecule has 0 spiro atoms. The molecule has 1 aromatic carbocycles. The average Bonchev–Trinajstić information content (AvgIpc) is 2.58. The predicted octanol–water partition coefficient (Wildman–Crippen LogP) is 0.608. The van der Waals surface area contributed by atoms with Crippen molar-refractivity contribution in [2.45, 2.75) is 32.4 Å². The molecule has 1 aromatic rings. The number of nitrogens with zero attached hydrogens (tertiary/aromatic N) is 2. The maximum Gasteiger partial charge on any atom is 0.237 e. The van der Waals surface area contributed by atoms with Gasteiger partial charge in [-0.05, 0) is 12.0 Å². The molecule has 24 heavy (non-hydrogen) atoms. The molecule has 1 fully saturated rings. The van der Waals surface area contributed by atoms with E-state index in [2.05, 4.69) is 10.2 Å². The van der Waals surface area contributed by atoms with Gasteiger partial charge in [0.15, 0.2) is 0 Å². The molecule has 1 heterocycles. The van der Waals surface area contributed by atoms with Gasteiger partial charge in [0.25, 0.3) is 0 Å². The largest absolute Gasteiger partial charge is 0.395 e. The summed E-state index contributed by atoms with van der Waals surface area (Å²) in [5, 5.41) is 12.0. The van der Waals surface area contributed by atoms with Gasteiger partial charge in [-0.3, -0.25) is 14.5 Å². The van der Waals surface area contributed by atoms with Gasteiger partial charge in [0.1, 0.15) is 0 Å². The fraction of sp³-hybridized carbons (Fsp3) is 0.556. The molecular weight excluding hydrogens is 306 g/mol. The summed E-state index contributed by atoms with van der Waals surface area (Å²) in [6.45, 7) is 4.84. The monoisotopic (exact) mass is 333 g/mol. The minimum Gasteiger partial charge on any atom is -0.395 e. The summed E-state index contributed by atoms with van der Waals surface area (Å²) in [5.41, 5.74) is 1.13. The van der Waals surface area contributed by atoms with Gasteiger partial charge in [0.05, 0.1) is 19.1 Å². The van der Waals surface area contributed by atoms with E-state index in [0.717, 1.165) is 18.5 Å². The average molecular weight is 333 g/mol. The molecule has 6 heteroatoms. The fourth-order valence-corrected chi connectivity index (χ4v) is 3.04. The first kappa shape index (κ1) is 18.4. The maximum absolute atomic E-state index is 12.5. The number of aliphatic hydroxyl groups is 1. The van der Waals surface area contributed by atoms with Crippen molar-refractivity contribution >= 4 is 11.8 Å². The Balaban J connectivity index is 2.05. The van der Waals surface area contributed by atoms with E-state index < -0.39 is 6.04 Å². The SMILES string of the molecule is CCCN(CCO)C(=O)C[C@@H]1C(=O)NCCN1Cc1ccccc1. The lowest BCUT2D eigenvalue weighted by Gasteiger charge is -2.35. The molecule has 1 atom stereocenters. The van der Waals surface area contributed by atoms with Crippen molar-refractivity contribution in [3.05, 3.63) is 35.9 Å². The Labute approximate surface area is 143 Å². The zero-order valence-corrected chi connectivity index (χ0v) is 14.3. The third kappa shape index (κ3) is 5.04. The quantitative estimate of drug-likeness (QED) is 0.731. The van der Waals surface area contributed by atoms with Crippen molar-refractivity contribution < 1.29 is 14.7 Å².